The van der Waals surface area contributed by atoms with Gasteiger partial charge in [0.2, 0.25) is 0 Å². The van der Waals surface area contributed by atoms with Crippen molar-refractivity contribution in [3.05, 3.63) is 58.0 Å². The lowest BCUT2D eigenvalue weighted by Crippen LogP contribution is -2.26. The van der Waals surface area contributed by atoms with Crippen molar-refractivity contribution < 1.29 is 4.52 Å². The van der Waals surface area contributed by atoms with Crippen LogP contribution in [-0.4, -0.2) is 14.7 Å². The molecule has 0 spiro atoms. The number of aromatic nitrogens is 3. The van der Waals surface area contributed by atoms with Crippen molar-refractivity contribution in [2.75, 3.05) is 0 Å². The topological polar surface area (TPSA) is 60.9 Å². The van der Waals surface area contributed by atoms with Crippen LogP contribution in [0.15, 0.2) is 39.6 Å². The van der Waals surface area contributed by atoms with E-state index in [1.807, 2.05) is 25.1 Å². The molecule has 2 aromatic heterocycles. The summed E-state index contributed by atoms with van der Waals surface area (Å²) in [6.45, 7) is 3.89. The fourth-order valence-electron chi connectivity index (χ4n) is 2.29. The number of benzene rings is 1. The molecular formula is C15H14ClN3O2. The lowest BCUT2D eigenvalue weighted by Gasteiger charge is -2.13. The number of fused-ring (bicyclic) bond motifs is 1. The summed E-state index contributed by atoms with van der Waals surface area (Å²) in [5.74, 6) is 1.12. The molecule has 0 aliphatic heterocycles. The minimum atomic E-state index is -0.383. The summed E-state index contributed by atoms with van der Waals surface area (Å²) in [5.41, 5.74) is 1.29. The van der Waals surface area contributed by atoms with Gasteiger partial charge in [0.15, 0.2) is 5.76 Å². The SMILES string of the molecule is Cc1cc(Cn2c(C(C)Cl)nc3ccccc3c2=O)on1. The van der Waals surface area contributed by atoms with Gasteiger partial charge >= 0.3 is 0 Å². The van der Waals surface area contributed by atoms with Gasteiger partial charge in [-0.15, -0.1) is 11.6 Å². The van der Waals surface area contributed by atoms with Crippen molar-refractivity contribution in [2.45, 2.75) is 25.8 Å². The lowest BCUT2D eigenvalue weighted by molar-refractivity contribution is 0.369. The largest absolute Gasteiger partial charge is 0.359 e. The number of nitrogens with zero attached hydrogens (tertiary/aromatic N) is 3. The highest BCUT2D eigenvalue weighted by molar-refractivity contribution is 6.20. The van der Waals surface area contributed by atoms with Gasteiger partial charge in [0.1, 0.15) is 5.82 Å². The quantitative estimate of drug-likeness (QED) is 0.698. The number of alkyl halides is 1. The maximum atomic E-state index is 12.7. The summed E-state index contributed by atoms with van der Waals surface area (Å²) >= 11 is 6.18. The highest BCUT2D eigenvalue weighted by atomic mass is 35.5. The van der Waals surface area contributed by atoms with Crippen LogP contribution in [-0.2, 0) is 6.54 Å². The third kappa shape index (κ3) is 2.56. The normalized spacial score (nSPS) is 12.7. The molecule has 3 rings (SSSR count). The smallest absolute Gasteiger partial charge is 0.261 e. The Labute approximate surface area is 126 Å². The Bertz CT molecular complexity index is 851. The van der Waals surface area contributed by atoms with E-state index < -0.39 is 0 Å². The van der Waals surface area contributed by atoms with Gasteiger partial charge in [-0.2, -0.15) is 0 Å². The third-order valence-electron chi connectivity index (χ3n) is 3.24. The molecule has 1 aromatic carbocycles. The van der Waals surface area contributed by atoms with Crippen LogP contribution in [0.1, 0.15) is 29.6 Å². The van der Waals surface area contributed by atoms with Crippen molar-refractivity contribution in [1.82, 2.24) is 14.7 Å². The zero-order valence-corrected chi connectivity index (χ0v) is 12.5. The van der Waals surface area contributed by atoms with Gasteiger partial charge < -0.3 is 4.52 Å². The lowest BCUT2D eigenvalue weighted by atomic mass is 10.2. The second-order valence-electron chi connectivity index (χ2n) is 4.93. The number of rotatable bonds is 3. The number of halogens is 1. The Morgan fingerprint density at radius 2 is 2.14 bits per heavy atom. The fourth-order valence-corrected chi connectivity index (χ4v) is 2.45. The predicted molar refractivity (Wildman–Crippen MR) is 80.6 cm³/mol. The first kappa shape index (κ1) is 13.8. The number of hydrogen-bond donors (Lipinski definition) is 0. The highest BCUT2D eigenvalue weighted by Gasteiger charge is 2.16. The zero-order valence-electron chi connectivity index (χ0n) is 11.7. The first-order chi connectivity index (χ1) is 10.1. The Balaban J connectivity index is 2.21. The second kappa shape index (κ2) is 5.33. The molecule has 0 aliphatic rings. The molecule has 5 nitrogen and oxygen atoms in total. The first-order valence-corrected chi connectivity index (χ1v) is 7.05. The van der Waals surface area contributed by atoms with Crippen LogP contribution in [0.25, 0.3) is 10.9 Å². The van der Waals surface area contributed by atoms with Gasteiger partial charge in [-0.05, 0) is 26.0 Å². The van der Waals surface area contributed by atoms with Crippen LogP contribution < -0.4 is 5.56 Å². The van der Waals surface area contributed by atoms with E-state index >= 15 is 0 Å². The molecule has 6 heteroatoms. The fraction of sp³-hybridized carbons (Fsp3) is 0.267. The summed E-state index contributed by atoms with van der Waals surface area (Å²) < 4.78 is 6.73. The van der Waals surface area contributed by atoms with E-state index in [0.717, 1.165) is 5.69 Å². The van der Waals surface area contributed by atoms with E-state index in [4.69, 9.17) is 16.1 Å². The summed E-state index contributed by atoms with van der Waals surface area (Å²) in [4.78, 5) is 17.2. The average Bonchev–Trinajstić information content (AvgIpc) is 2.87. The van der Waals surface area contributed by atoms with Crippen molar-refractivity contribution in [3.63, 3.8) is 0 Å². The number of hydrogen-bond acceptors (Lipinski definition) is 4. The summed E-state index contributed by atoms with van der Waals surface area (Å²) in [5, 5.41) is 4.02. The zero-order chi connectivity index (χ0) is 15.0. The van der Waals surface area contributed by atoms with E-state index in [9.17, 15) is 4.79 Å². The molecule has 0 bridgehead atoms. The molecule has 0 saturated heterocycles. The van der Waals surface area contributed by atoms with Gasteiger partial charge in [0.25, 0.3) is 5.56 Å². The maximum absolute atomic E-state index is 12.7. The standard InChI is InChI=1S/C15H14ClN3O2/c1-9-7-11(21-18-9)8-19-14(10(2)16)17-13-6-4-3-5-12(13)15(19)20/h3-7,10H,8H2,1-2H3. The van der Waals surface area contributed by atoms with Crippen LogP contribution in [0.2, 0.25) is 0 Å². The molecular weight excluding hydrogens is 290 g/mol. The molecule has 2 heterocycles. The molecule has 1 atom stereocenters. The molecule has 0 amide bonds. The van der Waals surface area contributed by atoms with Crippen LogP contribution in [0.3, 0.4) is 0 Å². The van der Waals surface area contributed by atoms with E-state index in [2.05, 4.69) is 10.1 Å². The molecule has 0 saturated carbocycles. The van der Waals surface area contributed by atoms with Gasteiger partial charge in [-0.3, -0.25) is 9.36 Å². The van der Waals surface area contributed by atoms with E-state index in [1.54, 1.807) is 23.6 Å². The highest BCUT2D eigenvalue weighted by Crippen LogP contribution is 2.19. The minimum absolute atomic E-state index is 0.128. The van der Waals surface area contributed by atoms with Crippen LogP contribution in [0.5, 0.6) is 0 Å². The predicted octanol–water partition coefficient (Wildman–Crippen LogP) is 3.04. The molecule has 108 valence electrons. The van der Waals surface area contributed by atoms with Crippen molar-refractivity contribution in [2.24, 2.45) is 0 Å². The number of para-hydroxylation sites is 1. The Morgan fingerprint density at radius 3 is 2.81 bits per heavy atom. The number of aryl methyl sites for hydroxylation is 1. The van der Waals surface area contributed by atoms with Gasteiger partial charge in [0.05, 0.1) is 28.5 Å². The maximum Gasteiger partial charge on any atom is 0.261 e. The van der Waals surface area contributed by atoms with Crippen LogP contribution >= 0.6 is 11.6 Å². The molecule has 3 aromatic rings. The van der Waals surface area contributed by atoms with Crippen molar-refractivity contribution in [3.8, 4) is 0 Å². The van der Waals surface area contributed by atoms with Gasteiger partial charge in [0, 0.05) is 6.07 Å². The third-order valence-corrected chi connectivity index (χ3v) is 3.43. The second-order valence-corrected chi connectivity index (χ2v) is 5.58. The van der Waals surface area contributed by atoms with Gasteiger partial charge in [-0.25, -0.2) is 4.98 Å². The van der Waals surface area contributed by atoms with E-state index in [0.29, 0.717) is 22.5 Å². The Kier molecular flexibility index (Phi) is 3.51. The molecule has 1 unspecified atom stereocenters. The van der Waals surface area contributed by atoms with E-state index in [-0.39, 0.29) is 17.5 Å². The summed E-state index contributed by atoms with van der Waals surface area (Å²) in [7, 11) is 0. The van der Waals surface area contributed by atoms with Crippen molar-refractivity contribution in [1.29, 1.82) is 0 Å². The minimum Gasteiger partial charge on any atom is -0.359 e. The van der Waals surface area contributed by atoms with Crippen LogP contribution in [0.4, 0.5) is 0 Å². The molecule has 0 aliphatic carbocycles. The monoisotopic (exact) mass is 303 g/mol. The molecule has 21 heavy (non-hydrogen) atoms. The Morgan fingerprint density at radius 1 is 1.38 bits per heavy atom. The molecule has 0 N–H and O–H groups in total. The summed E-state index contributed by atoms with van der Waals surface area (Å²) in [6, 6.07) is 9.03. The Hall–Kier alpha value is -2.14. The van der Waals surface area contributed by atoms with Crippen molar-refractivity contribution >= 4 is 22.5 Å². The van der Waals surface area contributed by atoms with E-state index in [1.165, 1.54) is 0 Å². The molecule has 0 fully saturated rings. The average molecular weight is 304 g/mol. The van der Waals surface area contributed by atoms with Gasteiger partial charge in [-0.1, -0.05) is 17.3 Å². The van der Waals surface area contributed by atoms with Crippen LogP contribution in [0, 0.1) is 6.92 Å². The summed E-state index contributed by atoms with van der Waals surface area (Å²) in [6.07, 6.45) is 0. The molecule has 0 radical (unpaired) electrons. The first-order valence-electron chi connectivity index (χ1n) is 6.62.